The molecule has 0 saturated carbocycles. The number of benzene rings is 1. The summed E-state index contributed by atoms with van der Waals surface area (Å²) in [7, 11) is 0. The molecule has 9 nitrogen and oxygen atoms in total. The number of amides is 1. The van der Waals surface area contributed by atoms with Gasteiger partial charge in [-0.2, -0.15) is 10.1 Å². The van der Waals surface area contributed by atoms with E-state index >= 15 is 0 Å². The Kier molecular flexibility index (Phi) is 5.40. The highest BCUT2D eigenvalue weighted by Crippen LogP contribution is 2.24. The number of aryl methyl sites for hydroxylation is 2. The average Bonchev–Trinajstić information content (AvgIpc) is 3.02. The molecule has 0 fully saturated rings. The van der Waals surface area contributed by atoms with E-state index in [0.717, 1.165) is 17.0 Å². The molecule has 156 valence electrons. The van der Waals surface area contributed by atoms with E-state index in [1.54, 1.807) is 41.9 Å². The smallest absolute Gasteiger partial charge is 0.275 e. The van der Waals surface area contributed by atoms with Crippen LogP contribution < -0.4 is 10.1 Å². The van der Waals surface area contributed by atoms with E-state index in [4.69, 9.17) is 4.74 Å². The molecule has 3 heterocycles. The molecule has 0 radical (unpaired) electrons. The van der Waals surface area contributed by atoms with Gasteiger partial charge in [0.05, 0.1) is 11.9 Å². The summed E-state index contributed by atoms with van der Waals surface area (Å²) in [6.07, 6.45) is 4.39. The van der Waals surface area contributed by atoms with Crippen LogP contribution in [0, 0.1) is 27.7 Å². The first-order valence-corrected chi connectivity index (χ1v) is 9.65. The number of hydrogen-bond donors (Lipinski definition) is 1. The summed E-state index contributed by atoms with van der Waals surface area (Å²) in [5.41, 5.74) is 3.95. The maximum Gasteiger partial charge on any atom is 0.275 e. The van der Waals surface area contributed by atoms with Crippen LogP contribution in [0.4, 0.5) is 5.69 Å². The maximum absolute atomic E-state index is 12.2. The molecule has 1 N–H and O–H groups in total. The van der Waals surface area contributed by atoms with Crippen molar-refractivity contribution in [2.45, 2.75) is 27.7 Å². The van der Waals surface area contributed by atoms with Gasteiger partial charge in [-0.25, -0.2) is 14.6 Å². The van der Waals surface area contributed by atoms with Crippen molar-refractivity contribution in [1.29, 1.82) is 0 Å². The maximum atomic E-state index is 12.2. The number of ether oxygens (including phenoxy) is 1. The fourth-order valence-corrected chi connectivity index (χ4v) is 2.97. The zero-order valence-corrected chi connectivity index (χ0v) is 17.6. The SMILES string of the molecule is Cc1nc(Oc2ccc(NC(=O)c3cnccn3)cc2)cc(-n2nc(C)c(C)c2C)n1. The van der Waals surface area contributed by atoms with Gasteiger partial charge >= 0.3 is 0 Å². The number of rotatable bonds is 5. The van der Waals surface area contributed by atoms with Crippen molar-refractivity contribution < 1.29 is 9.53 Å². The lowest BCUT2D eigenvalue weighted by Gasteiger charge is -2.10. The second kappa shape index (κ2) is 8.31. The topological polar surface area (TPSA) is 108 Å². The Morgan fingerprint density at radius 1 is 1.03 bits per heavy atom. The standard InChI is InChI=1S/C22H21N7O2/c1-13-14(2)28-29(15(13)3)20-11-21(26-16(4)25-20)31-18-7-5-17(6-8-18)27-22(30)19-12-23-9-10-24-19/h5-12H,1-4H3,(H,27,30). The van der Waals surface area contributed by atoms with Crippen LogP contribution in [0.5, 0.6) is 11.6 Å². The van der Waals surface area contributed by atoms with Gasteiger partial charge in [-0.15, -0.1) is 0 Å². The van der Waals surface area contributed by atoms with Gasteiger partial charge in [0.15, 0.2) is 5.82 Å². The fraction of sp³-hybridized carbons (Fsp3) is 0.182. The zero-order chi connectivity index (χ0) is 22.0. The number of aromatic nitrogens is 6. The number of nitrogens with one attached hydrogen (secondary N) is 1. The second-order valence-corrected chi connectivity index (χ2v) is 6.99. The molecule has 0 saturated heterocycles. The Morgan fingerprint density at radius 3 is 2.45 bits per heavy atom. The quantitative estimate of drug-likeness (QED) is 0.529. The van der Waals surface area contributed by atoms with Gasteiger partial charge in [0, 0.05) is 29.8 Å². The molecule has 0 aliphatic heterocycles. The molecule has 3 aromatic heterocycles. The first-order valence-electron chi connectivity index (χ1n) is 9.65. The highest BCUT2D eigenvalue weighted by Gasteiger charge is 2.13. The van der Waals surface area contributed by atoms with Crippen LogP contribution in [-0.2, 0) is 0 Å². The van der Waals surface area contributed by atoms with E-state index in [-0.39, 0.29) is 11.6 Å². The molecule has 0 aliphatic carbocycles. The van der Waals surface area contributed by atoms with Crippen LogP contribution in [-0.4, -0.2) is 35.6 Å². The summed E-state index contributed by atoms with van der Waals surface area (Å²) in [6.45, 7) is 7.81. The van der Waals surface area contributed by atoms with Gasteiger partial charge in [0.1, 0.15) is 17.3 Å². The molecule has 0 aliphatic rings. The minimum absolute atomic E-state index is 0.242. The van der Waals surface area contributed by atoms with E-state index in [2.05, 4.69) is 30.4 Å². The second-order valence-electron chi connectivity index (χ2n) is 6.99. The normalized spacial score (nSPS) is 10.7. The Labute approximate surface area is 179 Å². The monoisotopic (exact) mass is 415 g/mol. The van der Waals surface area contributed by atoms with Gasteiger partial charge in [-0.1, -0.05) is 0 Å². The fourth-order valence-electron chi connectivity index (χ4n) is 2.97. The molecule has 0 unspecified atom stereocenters. The molecule has 9 heteroatoms. The molecule has 1 aromatic carbocycles. The number of hydrogen-bond acceptors (Lipinski definition) is 7. The van der Waals surface area contributed by atoms with E-state index < -0.39 is 0 Å². The summed E-state index contributed by atoms with van der Waals surface area (Å²) in [4.78, 5) is 28.9. The van der Waals surface area contributed by atoms with Gasteiger partial charge in [-0.3, -0.25) is 9.78 Å². The van der Waals surface area contributed by atoms with Gasteiger partial charge in [0.25, 0.3) is 5.91 Å². The lowest BCUT2D eigenvalue weighted by atomic mass is 10.2. The first-order chi connectivity index (χ1) is 14.9. The third-order valence-corrected chi connectivity index (χ3v) is 4.80. The molecular formula is C22H21N7O2. The number of carbonyl (C=O) groups excluding carboxylic acids is 1. The lowest BCUT2D eigenvalue weighted by molar-refractivity contribution is 0.102. The minimum atomic E-state index is -0.335. The Balaban J connectivity index is 1.51. The van der Waals surface area contributed by atoms with Crippen molar-refractivity contribution in [3.8, 4) is 17.4 Å². The molecule has 1 amide bonds. The van der Waals surface area contributed by atoms with Crippen LogP contribution in [0.3, 0.4) is 0 Å². The van der Waals surface area contributed by atoms with Gasteiger partial charge < -0.3 is 10.1 Å². The minimum Gasteiger partial charge on any atom is -0.439 e. The Bertz CT molecular complexity index is 1230. The molecule has 4 rings (SSSR count). The number of nitrogens with zero attached hydrogens (tertiary/aromatic N) is 6. The van der Waals surface area contributed by atoms with Crippen molar-refractivity contribution in [3.05, 3.63) is 77.4 Å². The Morgan fingerprint density at radius 2 is 1.81 bits per heavy atom. The highest BCUT2D eigenvalue weighted by atomic mass is 16.5. The molecule has 0 bridgehead atoms. The molecule has 0 atom stereocenters. The van der Waals surface area contributed by atoms with Crippen LogP contribution in [0.1, 0.15) is 33.3 Å². The molecule has 0 spiro atoms. The van der Waals surface area contributed by atoms with E-state index in [1.807, 2.05) is 20.8 Å². The molecule has 4 aromatic rings. The zero-order valence-electron chi connectivity index (χ0n) is 17.6. The lowest BCUT2D eigenvalue weighted by Crippen LogP contribution is -2.13. The predicted octanol–water partition coefficient (Wildman–Crippen LogP) is 3.73. The third-order valence-electron chi connectivity index (χ3n) is 4.80. The van der Waals surface area contributed by atoms with Gasteiger partial charge in [0.2, 0.25) is 5.88 Å². The van der Waals surface area contributed by atoms with Crippen molar-refractivity contribution >= 4 is 11.6 Å². The van der Waals surface area contributed by atoms with E-state index in [0.29, 0.717) is 29.0 Å². The van der Waals surface area contributed by atoms with Crippen LogP contribution in [0.2, 0.25) is 0 Å². The van der Waals surface area contributed by atoms with Crippen molar-refractivity contribution in [3.63, 3.8) is 0 Å². The van der Waals surface area contributed by atoms with Crippen LogP contribution in [0.15, 0.2) is 48.9 Å². The van der Waals surface area contributed by atoms with Crippen molar-refractivity contribution in [2.75, 3.05) is 5.32 Å². The summed E-state index contributed by atoms with van der Waals surface area (Å²) in [5.74, 6) is 1.86. The van der Waals surface area contributed by atoms with Crippen LogP contribution >= 0.6 is 0 Å². The summed E-state index contributed by atoms with van der Waals surface area (Å²) in [6, 6.07) is 8.72. The van der Waals surface area contributed by atoms with E-state index in [1.165, 1.54) is 18.6 Å². The molecule has 31 heavy (non-hydrogen) atoms. The number of anilines is 1. The van der Waals surface area contributed by atoms with Crippen molar-refractivity contribution in [2.24, 2.45) is 0 Å². The number of carbonyl (C=O) groups is 1. The van der Waals surface area contributed by atoms with E-state index in [9.17, 15) is 4.79 Å². The predicted molar refractivity (Wildman–Crippen MR) is 115 cm³/mol. The molecular weight excluding hydrogens is 394 g/mol. The van der Waals surface area contributed by atoms with Gasteiger partial charge in [-0.05, 0) is 57.5 Å². The summed E-state index contributed by atoms with van der Waals surface area (Å²) in [5, 5.41) is 7.32. The summed E-state index contributed by atoms with van der Waals surface area (Å²) >= 11 is 0. The highest BCUT2D eigenvalue weighted by molar-refractivity contribution is 6.02. The largest absolute Gasteiger partial charge is 0.439 e. The average molecular weight is 415 g/mol. The first kappa shape index (κ1) is 20.1. The van der Waals surface area contributed by atoms with Crippen LogP contribution in [0.25, 0.3) is 5.82 Å². The van der Waals surface area contributed by atoms with Crippen molar-refractivity contribution in [1.82, 2.24) is 29.7 Å². The summed E-state index contributed by atoms with van der Waals surface area (Å²) < 4.78 is 7.70. The third kappa shape index (κ3) is 4.40. The Hall–Kier alpha value is -4.14.